The van der Waals surface area contributed by atoms with Crippen LogP contribution in [0.2, 0.25) is 0 Å². The molecular weight excluding hydrogens is 426 g/mol. The molecule has 1 saturated heterocycles. The number of para-hydroxylation sites is 1. The Kier molecular flexibility index (Phi) is 7.09. The fraction of sp³-hybridized carbons (Fsp3) is 0.348. The van der Waals surface area contributed by atoms with Gasteiger partial charge in [0.2, 0.25) is 11.8 Å². The lowest BCUT2D eigenvalue weighted by Gasteiger charge is -2.32. The van der Waals surface area contributed by atoms with Crippen molar-refractivity contribution in [3.8, 4) is 5.75 Å². The van der Waals surface area contributed by atoms with Gasteiger partial charge in [-0.05, 0) is 50.2 Å². The molecule has 2 heterocycles. The number of amides is 2. The third-order valence-electron chi connectivity index (χ3n) is 5.35. The van der Waals surface area contributed by atoms with Crippen LogP contribution in [0.15, 0.2) is 59.6 Å². The maximum Gasteiger partial charge on any atom is 0.241 e. The number of rotatable bonds is 7. The molecule has 0 aromatic heterocycles. The number of aliphatic imine (C=N–C) groups is 1. The molecule has 2 unspecified atom stereocenters. The van der Waals surface area contributed by atoms with Gasteiger partial charge < -0.3 is 9.64 Å². The highest BCUT2D eigenvalue weighted by atomic mass is 32.2. The monoisotopic (exact) mass is 453 g/mol. The number of nitrogens with one attached hydrogen (secondary N) is 2. The highest BCUT2D eigenvalue weighted by Crippen LogP contribution is 2.30. The van der Waals surface area contributed by atoms with Crippen LogP contribution in [0.3, 0.4) is 0 Å². The molecule has 2 aromatic rings. The van der Waals surface area contributed by atoms with E-state index in [1.54, 1.807) is 9.80 Å². The van der Waals surface area contributed by atoms with E-state index >= 15 is 0 Å². The van der Waals surface area contributed by atoms with Crippen LogP contribution in [0.4, 0.5) is 11.4 Å². The molecule has 8 nitrogen and oxygen atoms in total. The average molecular weight is 454 g/mol. The first kappa shape index (κ1) is 22.3. The van der Waals surface area contributed by atoms with Crippen LogP contribution in [0.1, 0.15) is 13.8 Å². The fourth-order valence-corrected chi connectivity index (χ4v) is 4.70. The lowest BCUT2D eigenvalue weighted by Crippen LogP contribution is -2.49. The number of hydrazine groups is 1. The molecule has 32 heavy (non-hydrogen) atoms. The Balaban J connectivity index is 1.55. The summed E-state index contributed by atoms with van der Waals surface area (Å²) in [5.41, 5.74) is 7.63. The van der Waals surface area contributed by atoms with E-state index in [0.29, 0.717) is 30.6 Å². The predicted octanol–water partition coefficient (Wildman–Crippen LogP) is 2.62. The number of hydrogen-bond acceptors (Lipinski definition) is 7. The Hall–Kier alpha value is -2.88. The summed E-state index contributed by atoms with van der Waals surface area (Å²) >= 11 is 1.28. The Morgan fingerprint density at radius 3 is 2.62 bits per heavy atom. The van der Waals surface area contributed by atoms with Crippen molar-refractivity contribution >= 4 is 40.1 Å². The topological polar surface area (TPSA) is 86.3 Å². The van der Waals surface area contributed by atoms with Crippen molar-refractivity contribution in [1.82, 2.24) is 10.9 Å². The number of benzene rings is 2. The van der Waals surface area contributed by atoms with E-state index in [-0.39, 0.29) is 29.7 Å². The number of thioether (sulfide) groups is 1. The largest absolute Gasteiger partial charge is 0.494 e. The molecule has 0 saturated carbocycles. The van der Waals surface area contributed by atoms with Crippen molar-refractivity contribution in [2.24, 2.45) is 10.9 Å². The summed E-state index contributed by atoms with van der Waals surface area (Å²) in [6.07, 6.45) is -0.338. The maximum atomic E-state index is 13.3. The zero-order chi connectivity index (χ0) is 22.5. The predicted molar refractivity (Wildman–Crippen MR) is 128 cm³/mol. The zero-order valence-corrected chi connectivity index (χ0v) is 19.0. The molecule has 2 aromatic carbocycles. The van der Waals surface area contributed by atoms with Gasteiger partial charge in [0, 0.05) is 18.8 Å². The molecule has 2 amide bonds. The smallest absolute Gasteiger partial charge is 0.241 e. The average Bonchev–Trinajstić information content (AvgIpc) is 3.29. The van der Waals surface area contributed by atoms with Crippen LogP contribution in [0.25, 0.3) is 0 Å². The van der Waals surface area contributed by atoms with Crippen LogP contribution in [0, 0.1) is 5.92 Å². The van der Waals surface area contributed by atoms with Crippen LogP contribution < -0.4 is 25.4 Å². The van der Waals surface area contributed by atoms with E-state index in [9.17, 15) is 9.59 Å². The van der Waals surface area contributed by atoms with Crippen molar-refractivity contribution < 1.29 is 14.3 Å². The molecule has 4 rings (SSSR count). The molecule has 0 spiro atoms. The van der Waals surface area contributed by atoms with E-state index in [1.807, 2.05) is 68.4 Å². The first-order chi connectivity index (χ1) is 15.6. The normalized spacial score (nSPS) is 20.0. The molecular formula is C23H27N5O3S. The number of hydrogen-bond donors (Lipinski definition) is 2. The number of anilines is 2. The van der Waals surface area contributed by atoms with Crippen LogP contribution >= 0.6 is 11.8 Å². The summed E-state index contributed by atoms with van der Waals surface area (Å²) < 4.78 is 5.52. The molecule has 2 N–H and O–H groups in total. The van der Waals surface area contributed by atoms with E-state index in [2.05, 4.69) is 10.9 Å². The van der Waals surface area contributed by atoms with Crippen LogP contribution in [0.5, 0.6) is 5.75 Å². The van der Waals surface area contributed by atoms with Gasteiger partial charge in [0.25, 0.3) is 0 Å². The van der Waals surface area contributed by atoms with Gasteiger partial charge in [-0.15, -0.1) is 0 Å². The van der Waals surface area contributed by atoms with Crippen LogP contribution in [-0.4, -0.2) is 48.6 Å². The quantitative estimate of drug-likeness (QED) is 0.670. The number of ether oxygens (including phenoxy) is 1. The number of carbonyl (C=O) groups excluding carboxylic acids is 2. The molecule has 0 bridgehead atoms. The SMILES string of the molecule is CCOc1ccc(N2C(=O)C3CNNC3N=C2SCC(=O)N(CC)c2ccccc2)cc1. The lowest BCUT2D eigenvalue weighted by atomic mass is 10.0. The van der Waals surface area contributed by atoms with Gasteiger partial charge >= 0.3 is 0 Å². The molecule has 0 aliphatic carbocycles. The second-order valence-corrected chi connectivity index (χ2v) is 8.29. The number of fused-ring (bicyclic) bond motifs is 1. The minimum absolute atomic E-state index is 0.0369. The second-order valence-electron chi connectivity index (χ2n) is 7.35. The third kappa shape index (κ3) is 4.64. The molecule has 168 valence electrons. The van der Waals surface area contributed by atoms with Gasteiger partial charge in [0.1, 0.15) is 11.9 Å². The highest BCUT2D eigenvalue weighted by molar-refractivity contribution is 8.14. The van der Waals surface area contributed by atoms with Crippen molar-refractivity contribution in [2.75, 3.05) is 35.2 Å². The van der Waals surface area contributed by atoms with Crippen molar-refractivity contribution in [3.05, 3.63) is 54.6 Å². The Morgan fingerprint density at radius 1 is 1.19 bits per heavy atom. The molecule has 9 heteroatoms. The van der Waals surface area contributed by atoms with Gasteiger partial charge in [0.15, 0.2) is 5.17 Å². The zero-order valence-electron chi connectivity index (χ0n) is 18.2. The van der Waals surface area contributed by atoms with Gasteiger partial charge in [-0.25, -0.2) is 10.4 Å². The third-order valence-corrected chi connectivity index (χ3v) is 6.28. The first-order valence-corrected chi connectivity index (χ1v) is 11.7. The molecule has 2 aliphatic rings. The maximum absolute atomic E-state index is 13.3. The first-order valence-electron chi connectivity index (χ1n) is 10.7. The summed E-state index contributed by atoms with van der Waals surface area (Å²) in [5, 5.41) is 0.508. The molecule has 0 radical (unpaired) electrons. The summed E-state index contributed by atoms with van der Waals surface area (Å²) in [7, 11) is 0. The van der Waals surface area contributed by atoms with Crippen LogP contribution in [-0.2, 0) is 9.59 Å². The van der Waals surface area contributed by atoms with E-state index < -0.39 is 0 Å². The Labute approximate surface area is 192 Å². The summed E-state index contributed by atoms with van der Waals surface area (Å²) in [6, 6.07) is 16.9. The molecule has 1 fully saturated rings. The number of amidine groups is 1. The molecule has 2 atom stereocenters. The second kappa shape index (κ2) is 10.2. The Morgan fingerprint density at radius 2 is 1.94 bits per heavy atom. The summed E-state index contributed by atoms with van der Waals surface area (Å²) in [4.78, 5) is 34.4. The minimum atomic E-state index is -0.338. The summed E-state index contributed by atoms with van der Waals surface area (Å²) in [5.74, 6) is 0.540. The van der Waals surface area contributed by atoms with Gasteiger partial charge in [0.05, 0.1) is 24.0 Å². The Bertz CT molecular complexity index is 983. The minimum Gasteiger partial charge on any atom is -0.494 e. The standard InChI is InChI=1S/C23H27N5O3S/c1-3-27(16-8-6-5-7-9-16)20(29)15-32-23-25-21-19(14-24-26-21)22(30)28(23)17-10-12-18(13-11-17)31-4-2/h5-13,19,21,24,26H,3-4,14-15H2,1-2H3. The fourth-order valence-electron chi connectivity index (χ4n) is 3.78. The lowest BCUT2D eigenvalue weighted by molar-refractivity contribution is -0.121. The highest BCUT2D eigenvalue weighted by Gasteiger charge is 2.42. The van der Waals surface area contributed by atoms with Gasteiger partial charge in [-0.2, -0.15) is 0 Å². The van der Waals surface area contributed by atoms with Gasteiger partial charge in [-0.3, -0.25) is 19.9 Å². The van der Waals surface area contributed by atoms with E-state index in [1.165, 1.54) is 11.8 Å². The van der Waals surface area contributed by atoms with Crippen molar-refractivity contribution in [1.29, 1.82) is 0 Å². The summed E-state index contributed by atoms with van der Waals surface area (Å²) in [6.45, 7) is 5.52. The van der Waals surface area contributed by atoms with Gasteiger partial charge in [-0.1, -0.05) is 30.0 Å². The number of carbonyl (C=O) groups is 2. The van der Waals surface area contributed by atoms with E-state index in [4.69, 9.17) is 9.73 Å². The number of nitrogens with zero attached hydrogens (tertiary/aromatic N) is 3. The molecule has 2 aliphatic heterocycles. The van der Waals surface area contributed by atoms with Crippen molar-refractivity contribution in [2.45, 2.75) is 20.0 Å². The van der Waals surface area contributed by atoms with E-state index in [0.717, 1.165) is 11.4 Å². The van der Waals surface area contributed by atoms with Crippen molar-refractivity contribution in [3.63, 3.8) is 0 Å².